The van der Waals surface area contributed by atoms with E-state index in [4.69, 9.17) is 4.74 Å². The van der Waals surface area contributed by atoms with Crippen LogP contribution in [0.3, 0.4) is 0 Å². The molecule has 1 aliphatic rings. The molecule has 0 bridgehead atoms. The Hall–Kier alpha value is -3.41. The topological polar surface area (TPSA) is 81.4 Å². The first-order valence-corrected chi connectivity index (χ1v) is 9.14. The average molecular weight is 376 g/mol. The first kappa shape index (κ1) is 18.0. The van der Waals surface area contributed by atoms with Crippen molar-refractivity contribution in [2.75, 3.05) is 7.11 Å². The summed E-state index contributed by atoms with van der Waals surface area (Å²) >= 11 is 0. The zero-order chi connectivity index (χ0) is 19.7. The molecule has 6 nitrogen and oxygen atoms in total. The van der Waals surface area contributed by atoms with Crippen molar-refractivity contribution in [3.8, 4) is 22.5 Å². The molecule has 2 aromatic carbocycles. The van der Waals surface area contributed by atoms with Crippen LogP contribution in [0.15, 0.2) is 60.9 Å². The van der Waals surface area contributed by atoms with Crippen LogP contribution in [0.1, 0.15) is 29.2 Å². The van der Waals surface area contributed by atoms with Crippen molar-refractivity contribution < 1.29 is 19.4 Å². The normalized spacial score (nSPS) is 14.5. The van der Waals surface area contributed by atoms with Gasteiger partial charge in [-0.25, -0.2) is 14.6 Å². The van der Waals surface area contributed by atoms with Crippen LogP contribution in [0.2, 0.25) is 0 Å². The van der Waals surface area contributed by atoms with Gasteiger partial charge in [0.2, 0.25) is 0 Å². The standard InChI is InChI=1S/C22H20N2O4/c1-28-22(27)19(15-11-12-15)24-13-23-18(14-7-3-2-4-8-14)20(24)16-9-5-6-10-17(16)21(25)26/h2-10,13,15,19H,11-12H2,1H3,(H,25,26)/t19-/m0/s1. The van der Waals surface area contributed by atoms with Gasteiger partial charge in [0.05, 0.1) is 30.4 Å². The minimum absolute atomic E-state index is 0.167. The predicted molar refractivity (Wildman–Crippen MR) is 104 cm³/mol. The van der Waals surface area contributed by atoms with E-state index in [0.717, 1.165) is 18.4 Å². The van der Waals surface area contributed by atoms with Crippen LogP contribution in [-0.2, 0) is 9.53 Å². The van der Waals surface area contributed by atoms with Crippen LogP contribution in [0.5, 0.6) is 0 Å². The van der Waals surface area contributed by atoms with Gasteiger partial charge in [0.25, 0.3) is 0 Å². The maximum atomic E-state index is 12.6. The number of aromatic nitrogens is 2. The van der Waals surface area contributed by atoms with E-state index in [1.54, 1.807) is 35.2 Å². The molecule has 1 atom stereocenters. The highest BCUT2D eigenvalue weighted by molar-refractivity contribution is 5.98. The van der Waals surface area contributed by atoms with Crippen LogP contribution >= 0.6 is 0 Å². The summed E-state index contributed by atoms with van der Waals surface area (Å²) in [6.07, 6.45) is 3.48. The molecule has 1 saturated carbocycles. The smallest absolute Gasteiger partial charge is 0.336 e. The van der Waals surface area contributed by atoms with Gasteiger partial charge in [0.1, 0.15) is 6.04 Å². The lowest BCUT2D eigenvalue weighted by molar-refractivity contribution is -0.145. The number of methoxy groups -OCH3 is 1. The van der Waals surface area contributed by atoms with Crippen molar-refractivity contribution >= 4 is 11.9 Å². The minimum Gasteiger partial charge on any atom is -0.478 e. The molecule has 1 N–H and O–H groups in total. The first-order valence-electron chi connectivity index (χ1n) is 9.14. The number of carbonyl (C=O) groups is 2. The third-order valence-corrected chi connectivity index (χ3v) is 5.06. The molecule has 6 heteroatoms. The monoisotopic (exact) mass is 376 g/mol. The summed E-state index contributed by atoms with van der Waals surface area (Å²) in [6, 6.07) is 15.8. The molecule has 0 unspecified atom stereocenters. The molecular weight excluding hydrogens is 356 g/mol. The number of hydrogen-bond acceptors (Lipinski definition) is 4. The third-order valence-electron chi connectivity index (χ3n) is 5.06. The largest absolute Gasteiger partial charge is 0.478 e. The molecule has 142 valence electrons. The number of hydrogen-bond donors (Lipinski definition) is 1. The zero-order valence-corrected chi connectivity index (χ0v) is 15.4. The van der Waals surface area contributed by atoms with E-state index in [1.807, 2.05) is 30.3 Å². The van der Waals surface area contributed by atoms with E-state index in [1.165, 1.54) is 7.11 Å². The molecule has 1 aliphatic carbocycles. The molecule has 1 fully saturated rings. The summed E-state index contributed by atoms with van der Waals surface area (Å²) in [7, 11) is 1.37. The SMILES string of the molecule is COC(=O)[C@H](C1CC1)n1cnc(-c2ccccc2)c1-c1ccccc1C(=O)O. The second-order valence-electron chi connectivity index (χ2n) is 6.87. The van der Waals surface area contributed by atoms with Crippen molar-refractivity contribution in [3.63, 3.8) is 0 Å². The fourth-order valence-electron chi connectivity index (χ4n) is 3.59. The highest BCUT2D eigenvalue weighted by Gasteiger charge is 2.40. The number of benzene rings is 2. The van der Waals surface area contributed by atoms with E-state index in [9.17, 15) is 14.7 Å². The number of nitrogens with zero attached hydrogens (tertiary/aromatic N) is 2. The maximum absolute atomic E-state index is 12.6. The van der Waals surface area contributed by atoms with Gasteiger partial charge >= 0.3 is 11.9 Å². The molecule has 1 aromatic heterocycles. The van der Waals surface area contributed by atoms with E-state index in [0.29, 0.717) is 17.0 Å². The molecule has 0 aliphatic heterocycles. The maximum Gasteiger partial charge on any atom is 0.336 e. The summed E-state index contributed by atoms with van der Waals surface area (Å²) in [4.78, 5) is 29.0. The lowest BCUT2D eigenvalue weighted by Crippen LogP contribution is -2.23. The van der Waals surface area contributed by atoms with Crippen LogP contribution in [0, 0.1) is 5.92 Å². The van der Waals surface area contributed by atoms with Crippen molar-refractivity contribution in [1.82, 2.24) is 9.55 Å². The van der Waals surface area contributed by atoms with E-state index < -0.39 is 12.0 Å². The number of carboxylic acids is 1. The van der Waals surface area contributed by atoms with Gasteiger partial charge in [-0.1, -0.05) is 48.5 Å². The molecule has 0 saturated heterocycles. The minimum atomic E-state index is -1.02. The summed E-state index contributed by atoms with van der Waals surface area (Å²) in [5, 5.41) is 9.71. The Morgan fingerprint density at radius 3 is 2.43 bits per heavy atom. The van der Waals surface area contributed by atoms with Crippen molar-refractivity contribution in [2.24, 2.45) is 5.92 Å². The number of rotatable bonds is 6. The number of esters is 1. The van der Waals surface area contributed by atoms with Crippen LogP contribution in [-0.4, -0.2) is 33.7 Å². The number of ether oxygens (including phenoxy) is 1. The average Bonchev–Trinajstić information content (AvgIpc) is 3.46. The Morgan fingerprint density at radius 2 is 1.79 bits per heavy atom. The second kappa shape index (κ2) is 7.31. The van der Waals surface area contributed by atoms with E-state index in [2.05, 4.69) is 4.98 Å². The van der Waals surface area contributed by atoms with Gasteiger partial charge in [-0.05, 0) is 24.8 Å². The summed E-state index contributed by atoms with van der Waals surface area (Å²) in [5.41, 5.74) is 2.81. The fraction of sp³-hybridized carbons (Fsp3) is 0.227. The van der Waals surface area contributed by atoms with Gasteiger partial charge in [-0.15, -0.1) is 0 Å². The van der Waals surface area contributed by atoms with Gasteiger partial charge in [-0.2, -0.15) is 0 Å². The van der Waals surface area contributed by atoms with Crippen LogP contribution in [0.4, 0.5) is 0 Å². The summed E-state index contributed by atoms with van der Waals surface area (Å²) in [6.45, 7) is 0. The lowest BCUT2D eigenvalue weighted by Gasteiger charge is -2.20. The van der Waals surface area contributed by atoms with Crippen molar-refractivity contribution in [2.45, 2.75) is 18.9 Å². The quantitative estimate of drug-likeness (QED) is 0.657. The van der Waals surface area contributed by atoms with Crippen LogP contribution in [0.25, 0.3) is 22.5 Å². The Kier molecular flexibility index (Phi) is 4.69. The van der Waals surface area contributed by atoms with Crippen molar-refractivity contribution in [1.29, 1.82) is 0 Å². The molecule has 0 spiro atoms. The predicted octanol–water partition coefficient (Wildman–Crippen LogP) is 4.04. The summed E-state index contributed by atoms with van der Waals surface area (Å²) in [5.74, 6) is -1.20. The number of carboxylic acid groups (broad SMARTS) is 1. The number of aromatic carboxylic acids is 1. The Morgan fingerprint density at radius 1 is 1.11 bits per heavy atom. The summed E-state index contributed by atoms with van der Waals surface area (Å²) < 4.78 is 6.83. The van der Waals surface area contributed by atoms with Gasteiger partial charge in [-0.3, -0.25) is 0 Å². The highest BCUT2D eigenvalue weighted by atomic mass is 16.5. The molecule has 0 amide bonds. The lowest BCUT2D eigenvalue weighted by atomic mass is 9.99. The highest BCUT2D eigenvalue weighted by Crippen LogP contribution is 2.44. The Bertz CT molecular complexity index is 1020. The molecule has 1 heterocycles. The third kappa shape index (κ3) is 3.17. The first-order chi connectivity index (χ1) is 13.6. The Balaban J connectivity index is 1.98. The van der Waals surface area contributed by atoms with Gasteiger partial charge < -0.3 is 14.4 Å². The van der Waals surface area contributed by atoms with Crippen molar-refractivity contribution in [3.05, 3.63) is 66.5 Å². The fourth-order valence-corrected chi connectivity index (χ4v) is 3.59. The van der Waals surface area contributed by atoms with E-state index >= 15 is 0 Å². The van der Waals surface area contributed by atoms with Gasteiger partial charge in [0.15, 0.2) is 0 Å². The Labute approximate surface area is 162 Å². The molecular formula is C22H20N2O4. The van der Waals surface area contributed by atoms with Gasteiger partial charge in [0, 0.05) is 11.1 Å². The van der Waals surface area contributed by atoms with Crippen LogP contribution < -0.4 is 0 Å². The number of imidazole rings is 1. The zero-order valence-electron chi connectivity index (χ0n) is 15.4. The molecule has 28 heavy (non-hydrogen) atoms. The molecule has 3 aromatic rings. The molecule has 0 radical (unpaired) electrons. The number of carbonyl (C=O) groups excluding carboxylic acids is 1. The second-order valence-corrected chi connectivity index (χ2v) is 6.87. The van der Waals surface area contributed by atoms with E-state index in [-0.39, 0.29) is 17.5 Å². The molecule has 4 rings (SSSR count).